The largest absolute Gasteiger partial charge is 0.475 e. The van der Waals surface area contributed by atoms with E-state index in [9.17, 15) is 0 Å². The van der Waals surface area contributed by atoms with Crippen LogP contribution >= 0.6 is 22.6 Å². The van der Waals surface area contributed by atoms with Crippen LogP contribution in [0.2, 0.25) is 0 Å². The van der Waals surface area contributed by atoms with Crippen molar-refractivity contribution >= 4 is 22.6 Å². The molecule has 0 spiro atoms. The van der Waals surface area contributed by atoms with Crippen LogP contribution in [0, 0.1) is 3.57 Å². The van der Waals surface area contributed by atoms with E-state index in [1.54, 1.807) is 0 Å². The summed E-state index contributed by atoms with van der Waals surface area (Å²) in [6.45, 7) is 0. The van der Waals surface area contributed by atoms with E-state index in [4.69, 9.17) is 4.74 Å². The molecular weight excluding hydrogens is 277 g/mol. The van der Waals surface area contributed by atoms with Crippen molar-refractivity contribution in [3.63, 3.8) is 0 Å². The minimum Gasteiger partial charge on any atom is -0.475 e. The first-order valence-corrected chi connectivity index (χ1v) is 5.50. The molecule has 1 aliphatic heterocycles. The molecule has 0 radical (unpaired) electrons. The molecule has 70 valence electrons. The third-order valence-corrected chi connectivity index (χ3v) is 2.96. The number of halogens is 1. The molecule has 0 aromatic heterocycles. The van der Waals surface area contributed by atoms with E-state index in [0.717, 1.165) is 18.6 Å². The van der Waals surface area contributed by atoms with Crippen LogP contribution in [-0.2, 0) is 6.42 Å². The molecule has 3 heteroatoms. The molecule has 0 amide bonds. The van der Waals surface area contributed by atoms with Gasteiger partial charge in [-0.15, -0.1) is 0 Å². The number of rotatable bonds is 1. The van der Waals surface area contributed by atoms with Crippen molar-refractivity contribution in [1.29, 1.82) is 0 Å². The lowest BCUT2D eigenvalue weighted by Crippen LogP contribution is -2.34. The second-order valence-electron chi connectivity index (χ2n) is 3.19. The van der Waals surface area contributed by atoms with E-state index in [-0.39, 0.29) is 6.23 Å². The van der Waals surface area contributed by atoms with Crippen LogP contribution in [0.1, 0.15) is 12.0 Å². The molecule has 1 heterocycles. The van der Waals surface area contributed by atoms with E-state index < -0.39 is 0 Å². The van der Waals surface area contributed by atoms with Crippen LogP contribution in [0.5, 0.6) is 5.75 Å². The molecule has 1 aromatic carbocycles. The van der Waals surface area contributed by atoms with Gasteiger partial charge in [0.05, 0.1) is 0 Å². The normalized spacial score (nSPS) is 20.6. The SMILES string of the molecule is CN[C@H]1CCc2cc(I)ccc2O1. The quantitative estimate of drug-likeness (QED) is 0.800. The van der Waals surface area contributed by atoms with Crippen molar-refractivity contribution in [3.05, 3.63) is 27.3 Å². The first kappa shape index (κ1) is 9.27. The Labute approximate surface area is 91.8 Å². The Bertz CT molecular complexity index is 314. The van der Waals surface area contributed by atoms with E-state index in [1.807, 2.05) is 7.05 Å². The van der Waals surface area contributed by atoms with Gasteiger partial charge >= 0.3 is 0 Å². The number of fused-ring (bicyclic) bond motifs is 1. The van der Waals surface area contributed by atoms with Gasteiger partial charge in [-0.3, -0.25) is 5.32 Å². The predicted molar refractivity (Wildman–Crippen MR) is 61.0 cm³/mol. The number of aryl methyl sites for hydroxylation is 1. The maximum absolute atomic E-state index is 5.72. The third-order valence-electron chi connectivity index (χ3n) is 2.29. The van der Waals surface area contributed by atoms with Gasteiger partial charge in [0, 0.05) is 9.99 Å². The lowest BCUT2D eigenvalue weighted by atomic mass is 10.1. The maximum atomic E-state index is 5.72. The highest BCUT2D eigenvalue weighted by molar-refractivity contribution is 14.1. The van der Waals surface area contributed by atoms with Gasteiger partial charge in [0.25, 0.3) is 0 Å². The minimum atomic E-state index is 0.188. The van der Waals surface area contributed by atoms with Crippen LogP contribution in [0.3, 0.4) is 0 Å². The zero-order valence-corrected chi connectivity index (χ0v) is 9.67. The number of hydrogen-bond acceptors (Lipinski definition) is 2. The molecule has 2 rings (SSSR count). The van der Waals surface area contributed by atoms with E-state index >= 15 is 0 Å². The minimum absolute atomic E-state index is 0.188. The highest BCUT2D eigenvalue weighted by Crippen LogP contribution is 2.27. The molecule has 1 N–H and O–H groups in total. The lowest BCUT2D eigenvalue weighted by molar-refractivity contribution is 0.147. The van der Waals surface area contributed by atoms with Crippen molar-refractivity contribution in [2.75, 3.05) is 7.05 Å². The van der Waals surface area contributed by atoms with E-state index in [1.165, 1.54) is 9.13 Å². The highest BCUT2D eigenvalue weighted by atomic mass is 127. The summed E-state index contributed by atoms with van der Waals surface area (Å²) >= 11 is 2.33. The molecule has 0 saturated carbocycles. The summed E-state index contributed by atoms with van der Waals surface area (Å²) in [6, 6.07) is 6.33. The smallest absolute Gasteiger partial charge is 0.150 e. The second-order valence-corrected chi connectivity index (χ2v) is 4.43. The Morgan fingerprint density at radius 3 is 3.15 bits per heavy atom. The van der Waals surface area contributed by atoms with Crippen molar-refractivity contribution in [2.45, 2.75) is 19.1 Å². The fraction of sp³-hybridized carbons (Fsp3) is 0.400. The van der Waals surface area contributed by atoms with Gasteiger partial charge in [-0.25, -0.2) is 0 Å². The zero-order valence-electron chi connectivity index (χ0n) is 7.51. The molecule has 13 heavy (non-hydrogen) atoms. The first-order chi connectivity index (χ1) is 6.29. The van der Waals surface area contributed by atoms with Gasteiger partial charge in [-0.05, 0) is 59.8 Å². The highest BCUT2D eigenvalue weighted by Gasteiger charge is 2.17. The van der Waals surface area contributed by atoms with Crippen LogP contribution in [0.4, 0.5) is 0 Å². The summed E-state index contributed by atoms with van der Waals surface area (Å²) in [5, 5.41) is 3.14. The average molecular weight is 289 g/mol. The Balaban J connectivity index is 2.26. The van der Waals surface area contributed by atoms with Gasteiger partial charge < -0.3 is 4.74 Å². The number of ether oxygens (including phenoxy) is 1. The van der Waals surface area contributed by atoms with E-state index in [2.05, 4.69) is 46.1 Å². The molecule has 1 aliphatic rings. The second kappa shape index (κ2) is 3.84. The van der Waals surface area contributed by atoms with Gasteiger partial charge in [-0.1, -0.05) is 0 Å². The fourth-order valence-corrected chi connectivity index (χ4v) is 2.12. The zero-order chi connectivity index (χ0) is 9.26. The van der Waals surface area contributed by atoms with Crippen molar-refractivity contribution in [2.24, 2.45) is 0 Å². The molecule has 1 aromatic rings. The number of hydrogen-bond donors (Lipinski definition) is 1. The van der Waals surface area contributed by atoms with Crippen LogP contribution in [0.25, 0.3) is 0 Å². The Kier molecular flexibility index (Phi) is 2.74. The molecule has 1 atom stereocenters. The van der Waals surface area contributed by atoms with E-state index in [0.29, 0.717) is 0 Å². The first-order valence-electron chi connectivity index (χ1n) is 4.42. The van der Waals surface area contributed by atoms with Crippen LogP contribution < -0.4 is 10.1 Å². The number of nitrogens with one attached hydrogen (secondary N) is 1. The number of benzene rings is 1. The van der Waals surface area contributed by atoms with Crippen molar-refractivity contribution in [3.8, 4) is 5.75 Å². The third kappa shape index (κ3) is 1.96. The standard InChI is InChI=1S/C10H12INO/c1-12-10-5-2-7-6-8(11)3-4-9(7)13-10/h3-4,6,10,12H,2,5H2,1H3/t10-/m1/s1. The van der Waals surface area contributed by atoms with Crippen molar-refractivity contribution < 1.29 is 4.74 Å². The summed E-state index contributed by atoms with van der Waals surface area (Å²) in [5.41, 5.74) is 1.33. The molecule has 0 saturated heterocycles. The van der Waals surface area contributed by atoms with Crippen LogP contribution in [0.15, 0.2) is 18.2 Å². The monoisotopic (exact) mass is 289 g/mol. The molecule has 0 fully saturated rings. The Morgan fingerprint density at radius 1 is 1.54 bits per heavy atom. The molecular formula is C10H12INO. The summed E-state index contributed by atoms with van der Waals surface area (Å²) in [5.74, 6) is 1.03. The van der Waals surface area contributed by atoms with Gasteiger partial charge in [0.15, 0.2) is 0 Å². The van der Waals surface area contributed by atoms with Gasteiger partial charge in [0.2, 0.25) is 0 Å². The summed E-state index contributed by atoms with van der Waals surface area (Å²) in [6.07, 6.45) is 2.36. The maximum Gasteiger partial charge on any atom is 0.150 e. The molecule has 0 bridgehead atoms. The van der Waals surface area contributed by atoms with Gasteiger partial charge in [-0.2, -0.15) is 0 Å². The summed E-state index contributed by atoms with van der Waals surface area (Å²) in [4.78, 5) is 0. The Morgan fingerprint density at radius 2 is 2.38 bits per heavy atom. The lowest BCUT2D eigenvalue weighted by Gasteiger charge is -2.25. The topological polar surface area (TPSA) is 21.3 Å². The molecule has 0 unspecified atom stereocenters. The van der Waals surface area contributed by atoms with Crippen LogP contribution in [-0.4, -0.2) is 13.3 Å². The van der Waals surface area contributed by atoms with Crippen molar-refractivity contribution in [1.82, 2.24) is 5.32 Å². The summed E-state index contributed by atoms with van der Waals surface area (Å²) in [7, 11) is 1.93. The predicted octanol–water partition coefficient (Wildman–Crippen LogP) is 2.16. The summed E-state index contributed by atoms with van der Waals surface area (Å²) < 4.78 is 7.00. The average Bonchev–Trinajstić information content (AvgIpc) is 2.17. The van der Waals surface area contributed by atoms with Gasteiger partial charge in [0.1, 0.15) is 12.0 Å². The molecule has 0 aliphatic carbocycles. The Hall–Kier alpha value is -0.290. The molecule has 2 nitrogen and oxygen atoms in total. The fourth-order valence-electron chi connectivity index (χ4n) is 1.56.